The van der Waals surface area contributed by atoms with Crippen molar-refractivity contribution in [2.75, 3.05) is 0 Å². The van der Waals surface area contributed by atoms with Gasteiger partial charge in [0, 0.05) is 10.5 Å². The summed E-state index contributed by atoms with van der Waals surface area (Å²) in [4.78, 5) is 0. The first kappa shape index (κ1) is 41.7. The SMILES string of the molecule is CCCCCCCC(OC(CCCCCCC)SP(=S)(C1CCCCC1)C1CCCCC1)SP(=S)(C1CCCCC1)C1CCCCC1. The summed E-state index contributed by atoms with van der Waals surface area (Å²) in [5.74, 6) is 0. The van der Waals surface area contributed by atoms with Gasteiger partial charge < -0.3 is 4.74 Å². The Balaban J connectivity index is 1.58. The molecule has 4 fully saturated rings. The largest absolute Gasteiger partial charge is 0.353 e. The number of unbranched alkanes of at least 4 members (excludes halogenated alkanes) is 8. The molecule has 0 aromatic rings. The van der Waals surface area contributed by atoms with E-state index in [1.54, 1.807) is 0 Å². The molecule has 0 saturated heterocycles. The molecule has 0 bridgehead atoms. The molecule has 2 atom stereocenters. The lowest BCUT2D eigenvalue weighted by Crippen LogP contribution is -2.26. The second kappa shape index (κ2) is 23.6. The molecule has 1 nitrogen and oxygen atoms in total. The molecule has 2 unspecified atom stereocenters. The van der Waals surface area contributed by atoms with Gasteiger partial charge in [0.2, 0.25) is 0 Å². The van der Waals surface area contributed by atoms with E-state index >= 15 is 0 Å². The highest BCUT2D eigenvalue weighted by Gasteiger charge is 2.43. The fourth-order valence-corrected chi connectivity index (χ4v) is 29.3. The van der Waals surface area contributed by atoms with Gasteiger partial charge in [0.15, 0.2) is 0 Å². The second-order valence-electron chi connectivity index (χ2n) is 16.1. The average molecular weight is 763 g/mol. The minimum Gasteiger partial charge on any atom is -0.353 e. The molecule has 276 valence electrons. The summed E-state index contributed by atoms with van der Waals surface area (Å²) in [7, 11) is 0. The number of hydrogen-bond donors (Lipinski definition) is 0. The first-order valence-corrected chi connectivity index (χ1v) is 30.1. The minimum absolute atomic E-state index is 0.292. The molecule has 0 heterocycles. The van der Waals surface area contributed by atoms with Crippen LogP contribution in [0.2, 0.25) is 0 Å². The molecule has 4 rings (SSSR count). The zero-order valence-electron chi connectivity index (χ0n) is 31.0. The van der Waals surface area contributed by atoms with E-state index in [0.29, 0.717) is 10.9 Å². The molecule has 0 aromatic heterocycles. The van der Waals surface area contributed by atoms with Crippen LogP contribution < -0.4 is 0 Å². The van der Waals surface area contributed by atoms with Crippen molar-refractivity contribution in [1.82, 2.24) is 0 Å². The van der Waals surface area contributed by atoms with Gasteiger partial charge in [-0.25, -0.2) is 0 Å². The van der Waals surface area contributed by atoms with Crippen LogP contribution in [-0.4, -0.2) is 33.5 Å². The molecule has 4 saturated carbocycles. The van der Waals surface area contributed by atoms with Gasteiger partial charge in [0.1, 0.15) is 10.9 Å². The quantitative estimate of drug-likeness (QED) is 0.0615. The summed E-state index contributed by atoms with van der Waals surface area (Å²) in [6, 6.07) is 0. The fraction of sp³-hybridized carbons (Fsp3) is 1.00. The van der Waals surface area contributed by atoms with E-state index < -0.39 is 10.5 Å². The van der Waals surface area contributed by atoms with E-state index in [4.69, 9.17) is 28.4 Å². The van der Waals surface area contributed by atoms with Crippen molar-refractivity contribution in [3.05, 3.63) is 0 Å². The lowest BCUT2D eigenvalue weighted by molar-refractivity contribution is 0.0799. The Kier molecular flexibility index (Phi) is 20.9. The van der Waals surface area contributed by atoms with Gasteiger partial charge in [-0.1, -0.05) is 189 Å². The number of ether oxygens (including phenoxy) is 1. The van der Waals surface area contributed by atoms with Crippen molar-refractivity contribution < 1.29 is 4.74 Å². The zero-order valence-corrected chi connectivity index (χ0v) is 36.1. The van der Waals surface area contributed by atoms with E-state index in [2.05, 4.69) is 36.6 Å². The maximum atomic E-state index is 7.67. The first-order chi connectivity index (χ1) is 23.0. The van der Waals surface area contributed by atoms with Crippen LogP contribution >= 0.6 is 33.2 Å². The smallest absolute Gasteiger partial charge is 0.109 e. The third-order valence-corrected chi connectivity index (χ3v) is 32.3. The van der Waals surface area contributed by atoms with Crippen molar-refractivity contribution in [3.63, 3.8) is 0 Å². The van der Waals surface area contributed by atoms with Crippen molar-refractivity contribution in [2.45, 2.75) is 253 Å². The van der Waals surface area contributed by atoms with Crippen LogP contribution in [0.4, 0.5) is 0 Å². The maximum absolute atomic E-state index is 7.67. The van der Waals surface area contributed by atoms with Crippen LogP contribution in [0.5, 0.6) is 0 Å². The lowest BCUT2D eigenvalue weighted by atomic mass is 10.00. The van der Waals surface area contributed by atoms with Crippen molar-refractivity contribution >= 4 is 56.9 Å². The van der Waals surface area contributed by atoms with E-state index in [1.807, 2.05) is 0 Å². The molecule has 4 aliphatic carbocycles. The second-order valence-corrected chi connectivity index (χ2v) is 32.9. The highest BCUT2D eigenvalue weighted by molar-refractivity contribution is 8.72. The predicted molar refractivity (Wildman–Crippen MR) is 227 cm³/mol. The summed E-state index contributed by atoms with van der Waals surface area (Å²) >= 11 is 18.9. The monoisotopic (exact) mass is 762 g/mol. The minimum atomic E-state index is -1.59. The molecule has 0 N–H and O–H groups in total. The van der Waals surface area contributed by atoms with E-state index in [-0.39, 0.29) is 0 Å². The maximum Gasteiger partial charge on any atom is 0.109 e. The molecular formula is C40H76OP2S4. The first-order valence-electron chi connectivity index (χ1n) is 21.2. The lowest BCUT2D eigenvalue weighted by Gasteiger charge is -2.44. The molecule has 0 radical (unpaired) electrons. The van der Waals surface area contributed by atoms with Crippen molar-refractivity contribution in [3.8, 4) is 0 Å². The number of rotatable bonds is 22. The Labute approximate surface area is 312 Å². The number of hydrogen-bond acceptors (Lipinski definition) is 5. The Morgan fingerprint density at radius 3 is 1.00 bits per heavy atom. The van der Waals surface area contributed by atoms with Crippen LogP contribution in [0, 0.1) is 0 Å². The van der Waals surface area contributed by atoms with Crippen LogP contribution in [0.1, 0.15) is 219 Å². The summed E-state index contributed by atoms with van der Waals surface area (Å²) < 4.78 is 7.67. The van der Waals surface area contributed by atoms with Crippen LogP contribution in [0.25, 0.3) is 0 Å². The standard InChI is InChI=1S/C40H76OP2S4/c1-3-5-7-9-23-33-39(46-42(44,35-25-15-11-16-26-35)36-27-17-12-18-28-36)41-40(34-24-10-8-6-4-2)47-43(45,37-29-19-13-20-30-37)38-31-21-14-22-32-38/h35-40H,3-34H2,1-2H3. The Hall–Kier alpha value is 1.96. The van der Waals surface area contributed by atoms with Gasteiger partial charge in [-0.15, -0.1) is 0 Å². The van der Waals surface area contributed by atoms with Crippen LogP contribution in [0.3, 0.4) is 0 Å². The third kappa shape index (κ3) is 13.7. The van der Waals surface area contributed by atoms with E-state index in [9.17, 15) is 0 Å². The van der Waals surface area contributed by atoms with Gasteiger partial charge >= 0.3 is 0 Å². The predicted octanol–water partition coefficient (Wildman–Crippen LogP) is 16.0. The van der Waals surface area contributed by atoms with Gasteiger partial charge in [-0.05, 0) is 99.7 Å². The van der Waals surface area contributed by atoms with Gasteiger partial charge in [-0.2, -0.15) is 0 Å². The van der Waals surface area contributed by atoms with Gasteiger partial charge in [-0.3, -0.25) is 0 Å². The Morgan fingerprint density at radius 1 is 0.447 bits per heavy atom. The van der Waals surface area contributed by atoms with Crippen molar-refractivity contribution in [1.29, 1.82) is 0 Å². The van der Waals surface area contributed by atoms with Gasteiger partial charge in [0.05, 0.1) is 0 Å². The normalized spacial score (nSPS) is 23.2. The van der Waals surface area contributed by atoms with Gasteiger partial charge in [0.25, 0.3) is 0 Å². The topological polar surface area (TPSA) is 9.23 Å². The van der Waals surface area contributed by atoms with Crippen molar-refractivity contribution in [2.24, 2.45) is 0 Å². The zero-order chi connectivity index (χ0) is 33.2. The molecular weight excluding hydrogens is 687 g/mol. The Bertz CT molecular complexity index is 790. The highest BCUT2D eigenvalue weighted by Crippen LogP contribution is 2.75. The highest BCUT2D eigenvalue weighted by atomic mass is 32.9. The molecule has 7 heteroatoms. The summed E-state index contributed by atoms with van der Waals surface area (Å²) in [6.45, 7) is 4.69. The van der Waals surface area contributed by atoms with E-state index in [1.165, 1.54) is 205 Å². The summed E-state index contributed by atoms with van der Waals surface area (Å²) in [6.07, 6.45) is 44.3. The summed E-state index contributed by atoms with van der Waals surface area (Å²) in [5, 5.41) is -3.18. The van der Waals surface area contributed by atoms with E-state index in [0.717, 1.165) is 22.6 Å². The average Bonchev–Trinajstić information content (AvgIpc) is 3.12. The molecule has 0 spiro atoms. The van der Waals surface area contributed by atoms with Crippen LogP contribution in [-0.2, 0) is 28.4 Å². The molecule has 47 heavy (non-hydrogen) atoms. The third-order valence-electron chi connectivity index (χ3n) is 12.3. The fourth-order valence-electron chi connectivity index (χ4n) is 9.36. The molecule has 4 aliphatic rings. The van der Waals surface area contributed by atoms with Crippen LogP contribution in [0.15, 0.2) is 0 Å². The molecule has 0 aromatic carbocycles. The molecule has 0 aliphatic heterocycles. The molecule has 0 amide bonds. The Morgan fingerprint density at radius 2 is 0.723 bits per heavy atom. The summed E-state index contributed by atoms with van der Waals surface area (Å²) in [5.41, 5.74) is 3.81.